The SMILES string of the molecule is CC(C)(C)c1ccc(N)c(C(=O)c2ccccc2)c1. The minimum absolute atomic E-state index is 0.000578. The van der Waals surface area contributed by atoms with Gasteiger partial charge in [0.2, 0.25) is 0 Å². The highest BCUT2D eigenvalue weighted by atomic mass is 16.1. The number of hydrogen-bond acceptors (Lipinski definition) is 2. The monoisotopic (exact) mass is 253 g/mol. The highest BCUT2D eigenvalue weighted by molar-refractivity contribution is 6.12. The van der Waals surface area contributed by atoms with Gasteiger partial charge in [-0.05, 0) is 23.1 Å². The number of nitrogens with two attached hydrogens (primary N) is 1. The zero-order valence-corrected chi connectivity index (χ0v) is 11.6. The molecule has 19 heavy (non-hydrogen) atoms. The Morgan fingerprint density at radius 3 is 2.21 bits per heavy atom. The van der Waals surface area contributed by atoms with Crippen LogP contribution in [0.5, 0.6) is 0 Å². The minimum atomic E-state index is -0.0239. The quantitative estimate of drug-likeness (QED) is 0.653. The lowest BCUT2D eigenvalue weighted by Crippen LogP contribution is -2.14. The van der Waals surface area contributed by atoms with E-state index in [-0.39, 0.29) is 11.2 Å². The van der Waals surface area contributed by atoms with Crippen molar-refractivity contribution in [1.82, 2.24) is 0 Å². The summed E-state index contributed by atoms with van der Waals surface area (Å²) in [7, 11) is 0. The lowest BCUT2D eigenvalue weighted by atomic mass is 9.85. The molecule has 0 amide bonds. The van der Waals surface area contributed by atoms with Gasteiger partial charge in [-0.15, -0.1) is 0 Å². The first-order chi connectivity index (χ1) is 8.89. The fourth-order valence-electron chi connectivity index (χ4n) is 1.96. The van der Waals surface area contributed by atoms with Crippen molar-refractivity contribution in [3.05, 3.63) is 65.2 Å². The zero-order valence-electron chi connectivity index (χ0n) is 11.6. The van der Waals surface area contributed by atoms with Gasteiger partial charge in [-0.2, -0.15) is 0 Å². The Labute approximate surface area is 114 Å². The Bertz CT molecular complexity index is 594. The number of carbonyl (C=O) groups excluding carboxylic acids is 1. The summed E-state index contributed by atoms with van der Waals surface area (Å²) in [4.78, 5) is 12.5. The zero-order chi connectivity index (χ0) is 14.0. The van der Waals surface area contributed by atoms with Gasteiger partial charge in [0.25, 0.3) is 0 Å². The minimum Gasteiger partial charge on any atom is -0.398 e. The number of ketones is 1. The Morgan fingerprint density at radius 2 is 1.63 bits per heavy atom. The largest absolute Gasteiger partial charge is 0.398 e. The third-order valence-corrected chi connectivity index (χ3v) is 3.20. The highest BCUT2D eigenvalue weighted by Crippen LogP contribution is 2.26. The second kappa shape index (κ2) is 4.88. The van der Waals surface area contributed by atoms with Gasteiger partial charge in [0.05, 0.1) is 0 Å². The summed E-state index contributed by atoms with van der Waals surface area (Å²) >= 11 is 0. The van der Waals surface area contributed by atoms with Crippen LogP contribution in [0.2, 0.25) is 0 Å². The molecule has 0 aromatic heterocycles. The van der Waals surface area contributed by atoms with Crippen LogP contribution in [0.25, 0.3) is 0 Å². The van der Waals surface area contributed by atoms with Crippen molar-refractivity contribution in [2.75, 3.05) is 5.73 Å². The van der Waals surface area contributed by atoms with Crippen molar-refractivity contribution < 1.29 is 4.79 Å². The molecule has 0 saturated carbocycles. The third kappa shape index (κ3) is 2.84. The topological polar surface area (TPSA) is 43.1 Å². The molecule has 0 heterocycles. The standard InChI is InChI=1S/C17H19NO/c1-17(2,3)13-9-10-15(18)14(11-13)16(19)12-7-5-4-6-8-12/h4-11H,18H2,1-3H3. The molecular weight excluding hydrogens is 234 g/mol. The predicted molar refractivity (Wildman–Crippen MR) is 79.4 cm³/mol. The number of nitrogen functional groups attached to an aromatic ring is 1. The van der Waals surface area contributed by atoms with Crippen LogP contribution in [0.3, 0.4) is 0 Å². The van der Waals surface area contributed by atoms with Crippen LogP contribution in [-0.2, 0) is 5.41 Å². The van der Waals surface area contributed by atoms with E-state index in [1.165, 1.54) is 0 Å². The number of anilines is 1. The van der Waals surface area contributed by atoms with E-state index in [1.807, 2.05) is 48.5 Å². The van der Waals surface area contributed by atoms with Crippen LogP contribution >= 0.6 is 0 Å². The van der Waals surface area contributed by atoms with E-state index in [1.54, 1.807) is 0 Å². The number of rotatable bonds is 2. The number of carbonyl (C=O) groups is 1. The smallest absolute Gasteiger partial charge is 0.195 e. The fourth-order valence-corrected chi connectivity index (χ4v) is 1.96. The van der Waals surface area contributed by atoms with Crippen LogP contribution in [0.15, 0.2) is 48.5 Å². The molecule has 0 fully saturated rings. The molecule has 98 valence electrons. The molecule has 0 radical (unpaired) electrons. The van der Waals surface area contributed by atoms with Crippen molar-refractivity contribution in [3.8, 4) is 0 Å². The average Bonchev–Trinajstić information content (AvgIpc) is 2.38. The number of hydrogen-bond donors (Lipinski definition) is 1. The van der Waals surface area contributed by atoms with Gasteiger partial charge in [-0.3, -0.25) is 4.79 Å². The first kappa shape index (κ1) is 13.3. The van der Waals surface area contributed by atoms with E-state index in [9.17, 15) is 4.79 Å². The molecule has 0 atom stereocenters. The van der Waals surface area contributed by atoms with Gasteiger partial charge in [-0.1, -0.05) is 57.2 Å². The Balaban J connectivity index is 2.48. The molecule has 2 N–H and O–H groups in total. The summed E-state index contributed by atoms with van der Waals surface area (Å²) in [6.07, 6.45) is 0. The van der Waals surface area contributed by atoms with Crippen LogP contribution < -0.4 is 5.73 Å². The summed E-state index contributed by atoms with van der Waals surface area (Å²) in [5.74, 6) is -0.0239. The van der Waals surface area contributed by atoms with E-state index in [0.717, 1.165) is 5.56 Å². The molecule has 2 rings (SSSR count). The lowest BCUT2D eigenvalue weighted by molar-refractivity contribution is 0.103. The first-order valence-electron chi connectivity index (χ1n) is 6.39. The molecule has 0 aliphatic carbocycles. The molecule has 0 spiro atoms. The van der Waals surface area contributed by atoms with Crippen LogP contribution in [0, 0.1) is 0 Å². The molecule has 0 saturated heterocycles. The maximum Gasteiger partial charge on any atom is 0.195 e. The van der Waals surface area contributed by atoms with Gasteiger partial charge in [0.15, 0.2) is 5.78 Å². The van der Waals surface area contributed by atoms with E-state index < -0.39 is 0 Å². The maximum absolute atomic E-state index is 12.5. The van der Waals surface area contributed by atoms with Crippen molar-refractivity contribution in [2.24, 2.45) is 0 Å². The summed E-state index contributed by atoms with van der Waals surface area (Å²) < 4.78 is 0. The van der Waals surface area contributed by atoms with Crippen molar-refractivity contribution in [1.29, 1.82) is 0 Å². The number of benzene rings is 2. The van der Waals surface area contributed by atoms with E-state index in [2.05, 4.69) is 20.8 Å². The van der Waals surface area contributed by atoms with Gasteiger partial charge in [0, 0.05) is 16.8 Å². The Hall–Kier alpha value is -2.09. The lowest BCUT2D eigenvalue weighted by Gasteiger charge is -2.20. The summed E-state index contributed by atoms with van der Waals surface area (Å²) in [5.41, 5.74) is 8.84. The van der Waals surface area contributed by atoms with Gasteiger partial charge in [-0.25, -0.2) is 0 Å². The Morgan fingerprint density at radius 1 is 1.00 bits per heavy atom. The van der Waals surface area contributed by atoms with Crippen LogP contribution in [0.1, 0.15) is 42.3 Å². The van der Waals surface area contributed by atoms with Crippen LogP contribution in [0.4, 0.5) is 5.69 Å². The molecular formula is C17H19NO. The maximum atomic E-state index is 12.5. The second-order valence-electron chi connectivity index (χ2n) is 5.75. The Kier molecular flexibility index (Phi) is 3.43. The van der Waals surface area contributed by atoms with Crippen LogP contribution in [-0.4, -0.2) is 5.78 Å². The van der Waals surface area contributed by atoms with E-state index in [4.69, 9.17) is 5.73 Å². The molecule has 2 heteroatoms. The average molecular weight is 253 g/mol. The molecule has 2 aromatic carbocycles. The van der Waals surface area contributed by atoms with Gasteiger partial charge < -0.3 is 5.73 Å². The third-order valence-electron chi connectivity index (χ3n) is 3.20. The molecule has 0 unspecified atom stereocenters. The van der Waals surface area contributed by atoms with E-state index >= 15 is 0 Å². The second-order valence-corrected chi connectivity index (χ2v) is 5.75. The van der Waals surface area contributed by atoms with Crippen molar-refractivity contribution in [3.63, 3.8) is 0 Å². The van der Waals surface area contributed by atoms with Gasteiger partial charge >= 0.3 is 0 Å². The summed E-state index contributed by atoms with van der Waals surface area (Å²) in [6.45, 7) is 6.36. The molecule has 2 aromatic rings. The predicted octanol–water partition coefficient (Wildman–Crippen LogP) is 3.80. The van der Waals surface area contributed by atoms with E-state index in [0.29, 0.717) is 16.8 Å². The molecule has 0 aliphatic heterocycles. The first-order valence-corrected chi connectivity index (χ1v) is 6.39. The molecule has 0 aliphatic rings. The van der Waals surface area contributed by atoms with Crippen molar-refractivity contribution in [2.45, 2.75) is 26.2 Å². The van der Waals surface area contributed by atoms with Gasteiger partial charge in [0.1, 0.15) is 0 Å². The summed E-state index contributed by atoms with van der Waals surface area (Å²) in [5, 5.41) is 0. The molecule has 2 nitrogen and oxygen atoms in total. The summed E-state index contributed by atoms with van der Waals surface area (Å²) in [6, 6.07) is 14.9. The normalized spacial score (nSPS) is 11.3. The fraction of sp³-hybridized carbons (Fsp3) is 0.235. The molecule has 0 bridgehead atoms. The highest BCUT2D eigenvalue weighted by Gasteiger charge is 2.18. The van der Waals surface area contributed by atoms with Crippen molar-refractivity contribution >= 4 is 11.5 Å².